The Morgan fingerprint density at radius 2 is 2.04 bits per heavy atom. The van der Waals surface area contributed by atoms with E-state index in [-0.39, 0.29) is 23.5 Å². The van der Waals surface area contributed by atoms with Crippen molar-refractivity contribution < 1.29 is 13.2 Å². The van der Waals surface area contributed by atoms with Crippen LogP contribution in [0.5, 0.6) is 0 Å². The minimum Gasteiger partial charge on any atom is -0.354 e. The van der Waals surface area contributed by atoms with Gasteiger partial charge in [-0.15, -0.1) is 0 Å². The molecule has 0 spiro atoms. The SMILES string of the molecule is Cc1cccc(C(C)C)c1Nc1cncc(C(=O)NC2CCS(=O)(=O)C2)c1. The number of anilines is 2. The lowest BCUT2D eigenvalue weighted by Gasteiger charge is -2.17. The van der Waals surface area contributed by atoms with Gasteiger partial charge in [-0.3, -0.25) is 9.78 Å². The van der Waals surface area contributed by atoms with Crippen LogP contribution in [0.3, 0.4) is 0 Å². The van der Waals surface area contributed by atoms with E-state index in [9.17, 15) is 13.2 Å². The summed E-state index contributed by atoms with van der Waals surface area (Å²) in [5.41, 5.74) is 4.46. The highest BCUT2D eigenvalue weighted by molar-refractivity contribution is 7.91. The van der Waals surface area contributed by atoms with E-state index in [0.29, 0.717) is 17.9 Å². The monoisotopic (exact) mass is 387 g/mol. The van der Waals surface area contributed by atoms with Crippen molar-refractivity contribution in [2.24, 2.45) is 0 Å². The summed E-state index contributed by atoms with van der Waals surface area (Å²) in [5.74, 6) is 0.187. The predicted molar refractivity (Wildman–Crippen MR) is 107 cm³/mol. The molecule has 6 nitrogen and oxygen atoms in total. The molecule has 1 fully saturated rings. The fraction of sp³-hybridized carbons (Fsp3) is 0.400. The Labute approximate surface area is 160 Å². The van der Waals surface area contributed by atoms with Gasteiger partial charge in [-0.2, -0.15) is 0 Å². The van der Waals surface area contributed by atoms with Crippen LogP contribution in [0.15, 0.2) is 36.7 Å². The number of aromatic nitrogens is 1. The third-order valence-electron chi connectivity index (χ3n) is 4.76. The van der Waals surface area contributed by atoms with Crippen molar-refractivity contribution in [3.05, 3.63) is 53.3 Å². The second-order valence-corrected chi connectivity index (χ2v) is 9.58. The number of rotatable bonds is 5. The van der Waals surface area contributed by atoms with Crippen molar-refractivity contribution in [1.82, 2.24) is 10.3 Å². The number of pyridine rings is 1. The first-order chi connectivity index (χ1) is 12.7. The van der Waals surface area contributed by atoms with Gasteiger partial charge in [0.1, 0.15) is 0 Å². The summed E-state index contributed by atoms with van der Waals surface area (Å²) < 4.78 is 23.1. The van der Waals surface area contributed by atoms with Crippen LogP contribution in [-0.4, -0.2) is 36.9 Å². The first-order valence-electron chi connectivity index (χ1n) is 9.08. The Balaban J connectivity index is 1.78. The largest absolute Gasteiger partial charge is 0.354 e. The molecule has 1 amide bonds. The van der Waals surface area contributed by atoms with E-state index in [2.05, 4.69) is 35.5 Å². The number of nitrogens with zero attached hydrogens (tertiary/aromatic N) is 1. The maximum atomic E-state index is 12.5. The van der Waals surface area contributed by atoms with Crippen LogP contribution in [0.1, 0.15) is 47.7 Å². The zero-order chi connectivity index (χ0) is 19.6. The van der Waals surface area contributed by atoms with Crippen molar-refractivity contribution in [2.75, 3.05) is 16.8 Å². The normalized spacial score (nSPS) is 18.4. The second kappa shape index (κ2) is 7.68. The minimum atomic E-state index is -3.03. The molecule has 0 radical (unpaired) electrons. The van der Waals surface area contributed by atoms with Gasteiger partial charge in [0, 0.05) is 17.9 Å². The molecule has 0 saturated carbocycles. The molecule has 0 bridgehead atoms. The van der Waals surface area contributed by atoms with Gasteiger partial charge >= 0.3 is 0 Å². The maximum absolute atomic E-state index is 12.5. The molecule has 1 atom stereocenters. The number of amides is 1. The van der Waals surface area contributed by atoms with Crippen molar-refractivity contribution >= 4 is 27.1 Å². The lowest BCUT2D eigenvalue weighted by molar-refractivity contribution is 0.0941. The van der Waals surface area contributed by atoms with E-state index in [1.807, 2.05) is 19.1 Å². The molecule has 27 heavy (non-hydrogen) atoms. The average Bonchev–Trinajstić information content (AvgIpc) is 2.95. The Hall–Kier alpha value is -2.41. The first-order valence-corrected chi connectivity index (χ1v) is 10.9. The number of hydrogen-bond acceptors (Lipinski definition) is 5. The number of sulfone groups is 1. The Bertz CT molecular complexity index is 955. The third kappa shape index (κ3) is 4.66. The molecule has 2 N–H and O–H groups in total. The molecule has 1 saturated heterocycles. The number of para-hydroxylation sites is 1. The Morgan fingerprint density at radius 3 is 2.70 bits per heavy atom. The van der Waals surface area contributed by atoms with Gasteiger partial charge in [-0.05, 0) is 36.5 Å². The summed E-state index contributed by atoms with van der Waals surface area (Å²) in [6.07, 6.45) is 3.62. The van der Waals surface area contributed by atoms with Crippen LogP contribution < -0.4 is 10.6 Å². The number of aryl methyl sites for hydroxylation is 1. The van der Waals surface area contributed by atoms with Gasteiger partial charge in [0.05, 0.1) is 29.0 Å². The summed E-state index contributed by atoms with van der Waals surface area (Å²) in [6.45, 7) is 6.31. The van der Waals surface area contributed by atoms with E-state index in [1.54, 1.807) is 12.3 Å². The number of benzene rings is 1. The molecule has 144 valence electrons. The van der Waals surface area contributed by atoms with Crippen LogP contribution in [0, 0.1) is 6.92 Å². The highest BCUT2D eigenvalue weighted by Gasteiger charge is 2.29. The molecule has 2 heterocycles. The summed E-state index contributed by atoms with van der Waals surface area (Å²) in [7, 11) is -3.03. The van der Waals surface area contributed by atoms with E-state index in [0.717, 1.165) is 16.9 Å². The quantitative estimate of drug-likeness (QED) is 0.823. The molecule has 2 aromatic rings. The second-order valence-electron chi connectivity index (χ2n) is 7.35. The molecule has 1 aromatic carbocycles. The number of carbonyl (C=O) groups is 1. The summed E-state index contributed by atoms with van der Waals surface area (Å²) in [5, 5.41) is 6.18. The van der Waals surface area contributed by atoms with Gasteiger partial charge in [0.2, 0.25) is 0 Å². The molecular formula is C20H25N3O3S. The van der Waals surface area contributed by atoms with Crippen molar-refractivity contribution in [2.45, 2.75) is 39.2 Å². The highest BCUT2D eigenvalue weighted by Crippen LogP contribution is 2.30. The van der Waals surface area contributed by atoms with Crippen molar-refractivity contribution in [3.8, 4) is 0 Å². The standard InChI is InChI=1S/C20H25N3O3S/c1-13(2)18-6-4-5-14(3)19(18)22-17-9-15(10-21-11-17)20(24)23-16-7-8-27(25,26)12-16/h4-6,9-11,13,16,22H,7-8,12H2,1-3H3,(H,23,24). The molecule has 1 aromatic heterocycles. The van der Waals surface area contributed by atoms with Crippen LogP contribution in [0.25, 0.3) is 0 Å². The average molecular weight is 388 g/mol. The van der Waals surface area contributed by atoms with E-state index >= 15 is 0 Å². The van der Waals surface area contributed by atoms with Crippen LogP contribution >= 0.6 is 0 Å². The van der Waals surface area contributed by atoms with Crippen LogP contribution in [-0.2, 0) is 9.84 Å². The lowest BCUT2D eigenvalue weighted by Crippen LogP contribution is -2.35. The van der Waals surface area contributed by atoms with Crippen molar-refractivity contribution in [1.29, 1.82) is 0 Å². The topological polar surface area (TPSA) is 88.2 Å². The number of nitrogens with one attached hydrogen (secondary N) is 2. The number of carbonyl (C=O) groups excluding carboxylic acids is 1. The zero-order valence-electron chi connectivity index (χ0n) is 15.8. The molecular weight excluding hydrogens is 362 g/mol. The maximum Gasteiger partial charge on any atom is 0.253 e. The van der Waals surface area contributed by atoms with Gasteiger partial charge in [0.25, 0.3) is 5.91 Å². The summed E-state index contributed by atoms with van der Waals surface area (Å²) in [6, 6.07) is 7.57. The van der Waals surface area contributed by atoms with Gasteiger partial charge < -0.3 is 10.6 Å². The van der Waals surface area contributed by atoms with Gasteiger partial charge in [-0.1, -0.05) is 32.0 Å². The summed E-state index contributed by atoms with van der Waals surface area (Å²) >= 11 is 0. The first kappa shape index (κ1) is 19.4. The molecule has 1 aliphatic rings. The highest BCUT2D eigenvalue weighted by atomic mass is 32.2. The Morgan fingerprint density at radius 1 is 1.26 bits per heavy atom. The minimum absolute atomic E-state index is 0.00503. The van der Waals surface area contributed by atoms with Crippen molar-refractivity contribution in [3.63, 3.8) is 0 Å². The molecule has 3 rings (SSSR count). The number of hydrogen-bond donors (Lipinski definition) is 2. The van der Waals surface area contributed by atoms with Crippen LogP contribution in [0.4, 0.5) is 11.4 Å². The molecule has 7 heteroatoms. The van der Waals surface area contributed by atoms with E-state index < -0.39 is 9.84 Å². The van der Waals surface area contributed by atoms with Gasteiger partial charge in [0.15, 0.2) is 9.84 Å². The Kier molecular flexibility index (Phi) is 5.51. The fourth-order valence-electron chi connectivity index (χ4n) is 3.30. The smallest absolute Gasteiger partial charge is 0.253 e. The predicted octanol–water partition coefficient (Wildman–Crippen LogP) is 3.17. The van der Waals surface area contributed by atoms with E-state index in [1.165, 1.54) is 11.8 Å². The molecule has 1 aliphatic heterocycles. The third-order valence-corrected chi connectivity index (χ3v) is 6.53. The fourth-order valence-corrected chi connectivity index (χ4v) is 4.97. The lowest BCUT2D eigenvalue weighted by atomic mass is 9.98. The zero-order valence-corrected chi connectivity index (χ0v) is 16.6. The molecule has 0 aliphatic carbocycles. The van der Waals surface area contributed by atoms with Gasteiger partial charge in [-0.25, -0.2) is 8.42 Å². The molecule has 1 unspecified atom stereocenters. The van der Waals surface area contributed by atoms with Crippen LogP contribution in [0.2, 0.25) is 0 Å². The van der Waals surface area contributed by atoms with E-state index in [4.69, 9.17) is 0 Å². The summed E-state index contributed by atoms with van der Waals surface area (Å²) in [4.78, 5) is 16.7.